The SMILES string of the molecule is Cc1nc(-c2ccc(OCCCCCOc3ccc(C(=N)N)cc3)cc2)c(CC(N)CC(C)C)s1. The molecular weight excluding hydrogens is 456 g/mol. The molecule has 35 heavy (non-hydrogen) atoms. The van der Waals surface area contributed by atoms with E-state index in [0.717, 1.165) is 59.9 Å². The third-order valence-electron chi connectivity index (χ3n) is 5.65. The van der Waals surface area contributed by atoms with E-state index in [9.17, 15) is 0 Å². The van der Waals surface area contributed by atoms with Crippen LogP contribution in [0, 0.1) is 18.3 Å². The van der Waals surface area contributed by atoms with E-state index in [-0.39, 0.29) is 11.9 Å². The fourth-order valence-electron chi connectivity index (χ4n) is 3.96. The molecule has 0 aliphatic carbocycles. The lowest BCUT2D eigenvalue weighted by Gasteiger charge is -2.14. The predicted octanol–water partition coefficient (Wildman–Crippen LogP) is 5.95. The molecule has 7 heteroatoms. The lowest BCUT2D eigenvalue weighted by Crippen LogP contribution is -2.24. The van der Waals surface area contributed by atoms with Crippen molar-refractivity contribution in [2.75, 3.05) is 13.2 Å². The van der Waals surface area contributed by atoms with Gasteiger partial charge in [0.25, 0.3) is 0 Å². The fourth-order valence-corrected chi connectivity index (χ4v) is 5.01. The summed E-state index contributed by atoms with van der Waals surface area (Å²) in [5.74, 6) is 2.33. The summed E-state index contributed by atoms with van der Waals surface area (Å²) in [6, 6.07) is 15.7. The van der Waals surface area contributed by atoms with Gasteiger partial charge in [0.15, 0.2) is 0 Å². The van der Waals surface area contributed by atoms with Gasteiger partial charge in [-0.25, -0.2) is 4.98 Å². The van der Waals surface area contributed by atoms with Crippen molar-refractivity contribution in [3.63, 3.8) is 0 Å². The van der Waals surface area contributed by atoms with E-state index in [1.807, 2.05) is 24.3 Å². The van der Waals surface area contributed by atoms with Gasteiger partial charge < -0.3 is 20.9 Å². The number of aromatic nitrogens is 1. The second-order valence-corrected chi connectivity index (χ2v) is 10.6. The van der Waals surface area contributed by atoms with Gasteiger partial charge in [-0.3, -0.25) is 5.41 Å². The van der Waals surface area contributed by atoms with Crippen LogP contribution in [0.1, 0.15) is 55.0 Å². The third-order valence-corrected chi connectivity index (χ3v) is 6.64. The van der Waals surface area contributed by atoms with Crippen LogP contribution in [-0.4, -0.2) is 30.1 Å². The lowest BCUT2D eigenvalue weighted by atomic mass is 10.00. The van der Waals surface area contributed by atoms with Crippen molar-refractivity contribution in [1.29, 1.82) is 5.41 Å². The van der Waals surface area contributed by atoms with E-state index in [1.165, 1.54) is 4.88 Å². The second kappa shape index (κ2) is 13.3. The molecule has 3 aromatic rings. The van der Waals surface area contributed by atoms with Gasteiger partial charge in [-0.15, -0.1) is 11.3 Å². The molecule has 188 valence electrons. The topological polar surface area (TPSA) is 107 Å². The van der Waals surface area contributed by atoms with E-state index < -0.39 is 0 Å². The number of nitrogen functional groups attached to an aromatic ring is 1. The maximum Gasteiger partial charge on any atom is 0.122 e. The van der Waals surface area contributed by atoms with Crippen LogP contribution < -0.4 is 20.9 Å². The molecule has 0 bridgehead atoms. The Kier molecular flexibility index (Phi) is 10.1. The average Bonchev–Trinajstić information content (AvgIpc) is 3.18. The van der Waals surface area contributed by atoms with Crippen LogP contribution in [0.4, 0.5) is 0 Å². The first-order chi connectivity index (χ1) is 16.8. The van der Waals surface area contributed by atoms with Crippen LogP contribution in [-0.2, 0) is 6.42 Å². The van der Waals surface area contributed by atoms with Gasteiger partial charge in [0.05, 0.1) is 23.9 Å². The molecule has 0 saturated carbocycles. The summed E-state index contributed by atoms with van der Waals surface area (Å²) in [6.45, 7) is 7.81. The van der Waals surface area contributed by atoms with Gasteiger partial charge >= 0.3 is 0 Å². The van der Waals surface area contributed by atoms with Crippen LogP contribution >= 0.6 is 11.3 Å². The standard InChI is InChI=1S/C28H38N4O2S/c1-19(2)17-23(29)18-26-27(32-20(3)35-26)21-7-11-24(12-8-21)33-15-5-4-6-16-34-25-13-9-22(10-14-25)28(30)31/h7-14,19,23H,4-6,15-18,29H2,1-3H3,(H3,30,31). The Labute approximate surface area is 213 Å². The van der Waals surface area contributed by atoms with Gasteiger partial charge in [0.1, 0.15) is 17.3 Å². The molecule has 1 aromatic heterocycles. The smallest absolute Gasteiger partial charge is 0.122 e. The van der Waals surface area contributed by atoms with Gasteiger partial charge in [-0.2, -0.15) is 0 Å². The summed E-state index contributed by atoms with van der Waals surface area (Å²) in [4.78, 5) is 6.04. The number of thiazole rings is 1. The van der Waals surface area contributed by atoms with Crippen LogP contribution in [0.25, 0.3) is 11.3 Å². The maximum atomic E-state index is 7.42. The summed E-state index contributed by atoms with van der Waals surface area (Å²) >= 11 is 1.75. The Morgan fingerprint density at radius 2 is 1.51 bits per heavy atom. The van der Waals surface area contributed by atoms with Crippen molar-refractivity contribution in [3.8, 4) is 22.8 Å². The second-order valence-electron chi connectivity index (χ2n) is 9.32. The Morgan fingerprint density at radius 1 is 0.943 bits per heavy atom. The zero-order valence-corrected chi connectivity index (χ0v) is 21.9. The Morgan fingerprint density at radius 3 is 2.06 bits per heavy atom. The van der Waals surface area contributed by atoms with Crippen molar-refractivity contribution < 1.29 is 9.47 Å². The van der Waals surface area contributed by atoms with E-state index in [1.54, 1.807) is 23.5 Å². The quantitative estimate of drug-likeness (QED) is 0.146. The molecule has 1 atom stereocenters. The molecule has 6 nitrogen and oxygen atoms in total. The van der Waals surface area contributed by atoms with Crippen molar-refractivity contribution >= 4 is 17.2 Å². The Bertz CT molecular complexity index is 1060. The number of nitrogens with two attached hydrogens (primary N) is 2. The van der Waals surface area contributed by atoms with Gasteiger partial charge in [0, 0.05) is 22.0 Å². The molecule has 0 radical (unpaired) electrons. The zero-order chi connectivity index (χ0) is 25.2. The summed E-state index contributed by atoms with van der Waals surface area (Å²) in [6.07, 6.45) is 4.84. The normalized spacial score (nSPS) is 12.0. The highest BCUT2D eigenvalue weighted by atomic mass is 32.1. The summed E-state index contributed by atoms with van der Waals surface area (Å²) in [5.41, 5.74) is 14.7. The Hall–Kier alpha value is -2.90. The van der Waals surface area contributed by atoms with Crippen molar-refractivity contribution in [3.05, 3.63) is 64.0 Å². The monoisotopic (exact) mass is 494 g/mol. The summed E-state index contributed by atoms with van der Waals surface area (Å²) in [7, 11) is 0. The molecule has 0 fully saturated rings. The van der Waals surface area contributed by atoms with E-state index in [0.29, 0.717) is 24.7 Å². The van der Waals surface area contributed by atoms with Crippen molar-refractivity contribution in [2.24, 2.45) is 17.4 Å². The van der Waals surface area contributed by atoms with Crippen molar-refractivity contribution in [2.45, 2.75) is 58.9 Å². The minimum absolute atomic E-state index is 0.0657. The molecule has 0 aliphatic heterocycles. The predicted molar refractivity (Wildman–Crippen MR) is 146 cm³/mol. The molecule has 3 rings (SSSR count). The molecule has 2 aromatic carbocycles. The zero-order valence-electron chi connectivity index (χ0n) is 21.0. The summed E-state index contributed by atoms with van der Waals surface area (Å²) in [5, 5.41) is 8.49. The maximum absolute atomic E-state index is 7.42. The number of nitrogens with zero attached hydrogens (tertiary/aromatic N) is 1. The number of aryl methyl sites for hydroxylation is 1. The molecule has 0 amide bonds. The molecular formula is C28H38N4O2S. The number of nitrogens with one attached hydrogen (secondary N) is 1. The number of hydrogen-bond donors (Lipinski definition) is 3. The molecule has 1 unspecified atom stereocenters. The fraction of sp³-hybridized carbons (Fsp3) is 0.429. The number of amidine groups is 1. The lowest BCUT2D eigenvalue weighted by molar-refractivity contribution is 0.279. The van der Waals surface area contributed by atoms with E-state index >= 15 is 0 Å². The van der Waals surface area contributed by atoms with Crippen LogP contribution in [0.3, 0.4) is 0 Å². The molecule has 5 N–H and O–H groups in total. The van der Waals surface area contributed by atoms with Crippen LogP contribution in [0.2, 0.25) is 0 Å². The molecule has 1 heterocycles. The largest absolute Gasteiger partial charge is 0.494 e. The van der Waals surface area contributed by atoms with Crippen LogP contribution in [0.5, 0.6) is 11.5 Å². The minimum Gasteiger partial charge on any atom is -0.494 e. The number of benzene rings is 2. The van der Waals surface area contributed by atoms with Gasteiger partial charge in [-0.05, 0) is 93.5 Å². The number of unbranched alkanes of at least 4 members (excludes halogenated alkanes) is 2. The highest BCUT2D eigenvalue weighted by Gasteiger charge is 2.15. The third kappa shape index (κ3) is 8.67. The highest BCUT2D eigenvalue weighted by molar-refractivity contribution is 7.12. The first-order valence-electron chi connectivity index (χ1n) is 12.3. The molecule has 0 saturated heterocycles. The summed E-state index contributed by atoms with van der Waals surface area (Å²) < 4.78 is 11.7. The molecule has 0 aliphatic rings. The van der Waals surface area contributed by atoms with Crippen molar-refractivity contribution in [1.82, 2.24) is 4.98 Å². The first kappa shape index (κ1) is 26.7. The first-order valence-corrected chi connectivity index (χ1v) is 13.2. The number of rotatable bonds is 14. The minimum atomic E-state index is 0.0657. The van der Waals surface area contributed by atoms with Gasteiger partial charge in [-0.1, -0.05) is 13.8 Å². The van der Waals surface area contributed by atoms with E-state index in [2.05, 4.69) is 32.9 Å². The van der Waals surface area contributed by atoms with Crippen LogP contribution in [0.15, 0.2) is 48.5 Å². The number of ether oxygens (including phenoxy) is 2. The average molecular weight is 495 g/mol. The molecule has 0 spiro atoms. The van der Waals surface area contributed by atoms with Gasteiger partial charge in [0.2, 0.25) is 0 Å². The number of hydrogen-bond acceptors (Lipinski definition) is 6. The van der Waals surface area contributed by atoms with E-state index in [4.69, 9.17) is 31.3 Å². The highest BCUT2D eigenvalue weighted by Crippen LogP contribution is 2.31. The Balaban J connectivity index is 1.39.